The van der Waals surface area contributed by atoms with Crippen molar-refractivity contribution in [2.75, 3.05) is 38.6 Å². The summed E-state index contributed by atoms with van der Waals surface area (Å²) in [4.78, 5) is 7.45. The van der Waals surface area contributed by atoms with Crippen LogP contribution in [0.15, 0.2) is 36.4 Å². The SMILES string of the molecule is CCCCN(CCCC)CCCCNc1c2ccc(Cl)cc2nc2ccc(OC)cc12.Cl. The number of ether oxygens (including phenoxy) is 1. The van der Waals surface area contributed by atoms with E-state index in [1.165, 1.54) is 51.7 Å². The minimum absolute atomic E-state index is 0. The highest BCUT2D eigenvalue weighted by atomic mass is 35.5. The van der Waals surface area contributed by atoms with Crippen LogP contribution in [0.1, 0.15) is 52.4 Å². The van der Waals surface area contributed by atoms with Crippen LogP contribution in [-0.4, -0.2) is 43.2 Å². The second-order valence-corrected chi connectivity index (χ2v) is 8.65. The summed E-state index contributed by atoms with van der Waals surface area (Å²) >= 11 is 6.23. The Morgan fingerprint density at radius 2 is 1.59 bits per heavy atom. The average molecular weight is 479 g/mol. The number of methoxy groups -OCH3 is 1. The molecule has 176 valence electrons. The number of nitrogens with one attached hydrogen (secondary N) is 1. The number of fused-ring (bicyclic) bond motifs is 2. The number of benzene rings is 2. The molecule has 32 heavy (non-hydrogen) atoms. The van der Waals surface area contributed by atoms with Gasteiger partial charge in [-0.3, -0.25) is 0 Å². The average Bonchev–Trinajstić information content (AvgIpc) is 2.78. The molecule has 0 unspecified atom stereocenters. The van der Waals surface area contributed by atoms with Gasteiger partial charge < -0.3 is 15.0 Å². The lowest BCUT2D eigenvalue weighted by Crippen LogP contribution is -2.27. The Morgan fingerprint density at radius 3 is 2.28 bits per heavy atom. The van der Waals surface area contributed by atoms with Crippen molar-refractivity contribution in [1.82, 2.24) is 9.88 Å². The fraction of sp³-hybridized carbons (Fsp3) is 0.500. The molecule has 6 heteroatoms. The van der Waals surface area contributed by atoms with Crippen LogP contribution in [0.4, 0.5) is 5.69 Å². The third-order valence-corrected chi connectivity index (χ3v) is 6.04. The minimum Gasteiger partial charge on any atom is -0.497 e. The number of hydrogen-bond donors (Lipinski definition) is 1. The molecule has 0 spiro atoms. The number of rotatable bonds is 13. The third kappa shape index (κ3) is 7.13. The Kier molecular flexibility index (Phi) is 11.4. The van der Waals surface area contributed by atoms with E-state index in [0.29, 0.717) is 5.02 Å². The molecule has 0 bridgehead atoms. The quantitative estimate of drug-likeness (QED) is 0.203. The van der Waals surface area contributed by atoms with E-state index in [-0.39, 0.29) is 12.4 Å². The van der Waals surface area contributed by atoms with E-state index < -0.39 is 0 Å². The maximum Gasteiger partial charge on any atom is 0.119 e. The number of halogens is 2. The zero-order valence-corrected chi connectivity index (χ0v) is 21.2. The van der Waals surface area contributed by atoms with Crippen molar-refractivity contribution < 1.29 is 4.74 Å². The van der Waals surface area contributed by atoms with E-state index in [1.54, 1.807) is 7.11 Å². The van der Waals surface area contributed by atoms with Gasteiger partial charge in [0.25, 0.3) is 0 Å². The van der Waals surface area contributed by atoms with Crippen LogP contribution in [-0.2, 0) is 0 Å². The van der Waals surface area contributed by atoms with E-state index in [0.717, 1.165) is 46.2 Å². The first-order chi connectivity index (χ1) is 15.2. The molecule has 0 amide bonds. The summed E-state index contributed by atoms with van der Waals surface area (Å²) in [6.45, 7) is 9.11. The number of anilines is 1. The number of nitrogens with zero attached hydrogens (tertiary/aromatic N) is 2. The summed E-state index contributed by atoms with van der Waals surface area (Å²) in [6.07, 6.45) is 7.45. The van der Waals surface area contributed by atoms with Gasteiger partial charge in [0.2, 0.25) is 0 Å². The first-order valence-electron chi connectivity index (χ1n) is 11.7. The number of pyridine rings is 1. The topological polar surface area (TPSA) is 37.4 Å². The molecule has 3 rings (SSSR count). The smallest absolute Gasteiger partial charge is 0.119 e. The maximum absolute atomic E-state index is 6.23. The predicted octanol–water partition coefficient (Wildman–Crippen LogP) is 7.57. The van der Waals surface area contributed by atoms with Gasteiger partial charge in [-0.25, -0.2) is 4.98 Å². The Labute approximate surface area is 204 Å². The van der Waals surface area contributed by atoms with Crippen molar-refractivity contribution in [2.24, 2.45) is 0 Å². The van der Waals surface area contributed by atoms with Gasteiger partial charge in [-0.1, -0.05) is 38.3 Å². The lowest BCUT2D eigenvalue weighted by atomic mass is 10.1. The summed E-state index contributed by atoms with van der Waals surface area (Å²) in [5, 5.41) is 6.59. The summed E-state index contributed by atoms with van der Waals surface area (Å²) in [5.74, 6) is 0.841. The second-order valence-electron chi connectivity index (χ2n) is 8.21. The zero-order chi connectivity index (χ0) is 22.1. The Morgan fingerprint density at radius 1 is 0.875 bits per heavy atom. The normalized spacial score (nSPS) is 11.2. The highest BCUT2D eigenvalue weighted by Crippen LogP contribution is 2.34. The van der Waals surface area contributed by atoms with Crippen LogP contribution in [0, 0.1) is 0 Å². The Balaban J connectivity index is 0.00000363. The van der Waals surface area contributed by atoms with E-state index in [4.69, 9.17) is 21.3 Å². The van der Waals surface area contributed by atoms with Gasteiger partial charge in [-0.05, 0) is 81.7 Å². The van der Waals surface area contributed by atoms with Crippen molar-refractivity contribution in [2.45, 2.75) is 52.4 Å². The van der Waals surface area contributed by atoms with Gasteiger partial charge in [0.05, 0.1) is 23.8 Å². The van der Waals surface area contributed by atoms with E-state index in [1.807, 2.05) is 24.3 Å². The van der Waals surface area contributed by atoms with Crippen LogP contribution >= 0.6 is 24.0 Å². The molecule has 0 saturated heterocycles. The van der Waals surface area contributed by atoms with Gasteiger partial charge in [0, 0.05) is 22.3 Å². The molecular weight excluding hydrogens is 441 g/mol. The Bertz CT molecular complexity index is 972. The molecule has 0 fully saturated rings. The molecule has 0 aliphatic carbocycles. The Hall–Kier alpha value is -1.75. The van der Waals surface area contributed by atoms with Gasteiger partial charge in [0.15, 0.2) is 0 Å². The first-order valence-corrected chi connectivity index (χ1v) is 12.1. The van der Waals surface area contributed by atoms with Crippen LogP contribution < -0.4 is 10.1 Å². The molecule has 0 radical (unpaired) electrons. The molecule has 4 nitrogen and oxygen atoms in total. The fourth-order valence-electron chi connectivity index (χ4n) is 3.99. The van der Waals surface area contributed by atoms with Crippen LogP contribution in [0.5, 0.6) is 5.75 Å². The van der Waals surface area contributed by atoms with Crippen molar-refractivity contribution in [3.63, 3.8) is 0 Å². The summed E-state index contributed by atoms with van der Waals surface area (Å²) in [5.41, 5.74) is 2.98. The molecule has 0 aliphatic rings. The number of unbranched alkanes of at least 4 members (excludes halogenated alkanes) is 3. The van der Waals surface area contributed by atoms with Crippen LogP contribution in [0.25, 0.3) is 21.8 Å². The molecular formula is C26H37Cl2N3O. The highest BCUT2D eigenvalue weighted by molar-refractivity contribution is 6.31. The molecule has 3 aromatic rings. The summed E-state index contributed by atoms with van der Waals surface area (Å²) in [7, 11) is 1.70. The molecule has 1 heterocycles. The zero-order valence-electron chi connectivity index (χ0n) is 19.6. The summed E-state index contributed by atoms with van der Waals surface area (Å²) in [6, 6.07) is 12.0. The van der Waals surface area contributed by atoms with Gasteiger partial charge in [0.1, 0.15) is 5.75 Å². The van der Waals surface area contributed by atoms with E-state index in [2.05, 4.69) is 36.2 Å². The number of aromatic nitrogens is 1. The molecule has 1 N–H and O–H groups in total. The van der Waals surface area contributed by atoms with Crippen molar-refractivity contribution in [3.05, 3.63) is 41.4 Å². The standard InChI is InChI=1S/C26H36ClN3O.ClH/c1-4-6-15-30(16-7-5-2)17-9-8-14-28-26-22-12-10-20(27)18-25(22)29-24-13-11-21(31-3)19-23(24)26;/h10-13,18-19H,4-9,14-17H2,1-3H3,(H,28,29);1H. The van der Waals surface area contributed by atoms with Gasteiger partial charge in [-0.2, -0.15) is 0 Å². The van der Waals surface area contributed by atoms with Gasteiger partial charge >= 0.3 is 0 Å². The second kappa shape index (κ2) is 13.7. The fourth-order valence-corrected chi connectivity index (χ4v) is 4.15. The van der Waals surface area contributed by atoms with Crippen molar-refractivity contribution >= 4 is 51.5 Å². The number of hydrogen-bond acceptors (Lipinski definition) is 4. The molecule has 0 saturated carbocycles. The largest absolute Gasteiger partial charge is 0.497 e. The predicted molar refractivity (Wildman–Crippen MR) is 142 cm³/mol. The minimum atomic E-state index is 0. The molecule has 0 atom stereocenters. The van der Waals surface area contributed by atoms with Crippen molar-refractivity contribution in [3.8, 4) is 5.75 Å². The van der Waals surface area contributed by atoms with Crippen LogP contribution in [0.2, 0.25) is 5.02 Å². The van der Waals surface area contributed by atoms with E-state index >= 15 is 0 Å². The monoisotopic (exact) mass is 477 g/mol. The first kappa shape index (κ1) is 26.5. The van der Waals surface area contributed by atoms with Crippen molar-refractivity contribution in [1.29, 1.82) is 0 Å². The van der Waals surface area contributed by atoms with Gasteiger partial charge in [-0.15, -0.1) is 12.4 Å². The molecule has 2 aromatic carbocycles. The third-order valence-electron chi connectivity index (χ3n) is 5.80. The molecule has 1 aromatic heterocycles. The summed E-state index contributed by atoms with van der Waals surface area (Å²) < 4.78 is 5.46. The van der Waals surface area contributed by atoms with Crippen LogP contribution in [0.3, 0.4) is 0 Å². The lowest BCUT2D eigenvalue weighted by molar-refractivity contribution is 0.261. The lowest BCUT2D eigenvalue weighted by Gasteiger charge is -2.22. The van der Waals surface area contributed by atoms with E-state index in [9.17, 15) is 0 Å². The highest BCUT2D eigenvalue weighted by Gasteiger charge is 2.11. The maximum atomic E-state index is 6.23. The molecule has 0 aliphatic heterocycles.